The number of nitrogens with zero attached hydrogens (tertiary/aromatic N) is 1. The van der Waals surface area contributed by atoms with Crippen molar-refractivity contribution in [3.63, 3.8) is 0 Å². The van der Waals surface area contributed by atoms with Gasteiger partial charge in [0.15, 0.2) is 0 Å². The van der Waals surface area contributed by atoms with Gasteiger partial charge in [0.2, 0.25) is 0 Å². The molecule has 0 bridgehead atoms. The van der Waals surface area contributed by atoms with E-state index in [9.17, 15) is 14.9 Å². The lowest BCUT2D eigenvalue weighted by Gasteiger charge is -2.36. The highest BCUT2D eigenvalue weighted by Crippen LogP contribution is 2.51. The molecule has 0 unspecified atom stereocenters. The number of benzene rings is 4. The molecule has 0 aliphatic rings. The summed E-state index contributed by atoms with van der Waals surface area (Å²) >= 11 is 1.68. The molecule has 4 aromatic rings. The Hall–Kier alpha value is -4.36. The Morgan fingerprint density at radius 1 is 0.842 bits per heavy atom. The van der Waals surface area contributed by atoms with E-state index in [4.69, 9.17) is 4.74 Å². The van der Waals surface area contributed by atoms with Crippen molar-refractivity contribution in [2.75, 3.05) is 6.54 Å². The van der Waals surface area contributed by atoms with Crippen molar-refractivity contribution < 1.29 is 14.5 Å². The highest BCUT2D eigenvalue weighted by atomic mass is 32.2. The summed E-state index contributed by atoms with van der Waals surface area (Å²) in [5, 5.41) is 13.7. The van der Waals surface area contributed by atoms with Crippen molar-refractivity contribution in [2.24, 2.45) is 0 Å². The number of allylic oxidation sites excluding steroid dienone is 1. The topological polar surface area (TPSA) is 81.5 Å². The average Bonchev–Trinajstić information content (AvgIpc) is 2.98. The minimum Gasteiger partial charge on any atom is -0.445 e. The molecule has 0 aliphatic carbocycles. The smallest absolute Gasteiger partial charge is 0.407 e. The molecule has 0 saturated carbocycles. The van der Waals surface area contributed by atoms with Gasteiger partial charge in [-0.05, 0) is 41.3 Å². The molecule has 6 nitrogen and oxygen atoms in total. The van der Waals surface area contributed by atoms with Crippen LogP contribution in [0.3, 0.4) is 0 Å². The molecule has 0 radical (unpaired) electrons. The normalized spacial score (nSPS) is 11.6. The van der Waals surface area contributed by atoms with E-state index in [1.54, 1.807) is 23.9 Å². The fraction of sp³-hybridized carbons (Fsp3) is 0.129. The van der Waals surface area contributed by atoms with E-state index in [-0.39, 0.29) is 18.8 Å². The van der Waals surface area contributed by atoms with Crippen LogP contribution in [0.4, 0.5) is 10.5 Å². The Kier molecular flexibility index (Phi) is 8.95. The molecule has 0 saturated heterocycles. The van der Waals surface area contributed by atoms with E-state index >= 15 is 0 Å². The molecule has 0 aromatic heterocycles. The molecule has 4 aromatic carbocycles. The Labute approximate surface area is 226 Å². The molecule has 4 rings (SSSR count). The lowest BCUT2D eigenvalue weighted by molar-refractivity contribution is -0.384. The van der Waals surface area contributed by atoms with Crippen molar-refractivity contribution >= 4 is 23.5 Å². The lowest BCUT2D eigenvalue weighted by atomic mass is 9.84. The van der Waals surface area contributed by atoms with Gasteiger partial charge < -0.3 is 10.1 Å². The van der Waals surface area contributed by atoms with Gasteiger partial charge in [-0.2, -0.15) is 0 Å². The number of ether oxygens (including phenoxy) is 1. The van der Waals surface area contributed by atoms with Crippen LogP contribution >= 0.6 is 11.8 Å². The quantitative estimate of drug-likeness (QED) is 0.132. The first-order valence-electron chi connectivity index (χ1n) is 12.2. The summed E-state index contributed by atoms with van der Waals surface area (Å²) < 4.78 is 4.81. The highest BCUT2D eigenvalue weighted by molar-refractivity contribution is 8.04. The second-order valence-corrected chi connectivity index (χ2v) is 9.83. The number of nitro groups is 1. The third-order valence-corrected chi connectivity index (χ3v) is 7.73. The van der Waals surface area contributed by atoms with E-state index in [1.165, 1.54) is 12.1 Å². The van der Waals surface area contributed by atoms with Crippen LogP contribution in [0.1, 0.15) is 29.2 Å². The SMILES string of the molecule is C/C=C(\CNC(=O)OCc1ccc([N+](=O)[O-])cc1)SC(c1ccccc1)(c1ccccc1)c1ccccc1. The second kappa shape index (κ2) is 12.7. The summed E-state index contributed by atoms with van der Waals surface area (Å²) in [5.41, 5.74) is 4.04. The molecule has 1 N–H and O–H groups in total. The van der Waals surface area contributed by atoms with Crippen LogP contribution in [0.2, 0.25) is 0 Å². The van der Waals surface area contributed by atoms with Gasteiger partial charge in [0.05, 0.1) is 16.2 Å². The van der Waals surface area contributed by atoms with Crippen LogP contribution < -0.4 is 5.32 Å². The van der Waals surface area contributed by atoms with E-state index in [0.29, 0.717) is 5.56 Å². The van der Waals surface area contributed by atoms with E-state index in [0.717, 1.165) is 21.6 Å². The number of hydrogen-bond acceptors (Lipinski definition) is 5. The van der Waals surface area contributed by atoms with E-state index in [2.05, 4.69) is 41.7 Å². The Balaban J connectivity index is 1.54. The molecule has 0 heterocycles. The van der Waals surface area contributed by atoms with Crippen molar-refractivity contribution in [1.29, 1.82) is 0 Å². The third kappa shape index (κ3) is 6.30. The zero-order valence-corrected chi connectivity index (χ0v) is 21.8. The fourth-order valence-corrected chi connectivity index (χ4v) is 5.58. The summed E-state index contributed by atoms with van der Waals surface area (Å²) in [6, 6.07) is 37.0. The molecule has 1 amide bonds. The molecule has 0 aliphatic heterocycles. The van der Waals surface area contributed by atoms with Crippen LogP contribution in [0, 0.1) is 10.1 Å². The van der Waals surface area contributed by atoms with Gasteiger partial charge >= 0.3 is 6.09 Å². The third-order valence-electron chi connectivity index (χ3n) is 6.07. The van der Waals surface area contributed by atoms with Crippen LogP contribution in [-0.2, 0) is 16.1 Å². The number of rotatable bonds is 10. The predicted molar refractivity (Wildman–Crippen MR) is 152 cm³/mol. The number of carbonyl (C=O) groups is 1. The molecular weight excluding hydrogens is 496 g/mol. The lowest BCUT2D eigenvalue weighted by Crippen LogP contribution is -2.29. The second-order valence-electron chi connectivity index (χ2n) is 8.49. The molecule has 0 spiro atoms. The van der Waals surface area contributed by atoms with Gasteiger partial charge in [0.25, 0.3) is 5.69 Å². The minimum atomic E-state index is -0.562. The van der Waals surface area contributed by atoms with Crippen molar-refractivity contribution in [3.05, 3.63) is 159 Å². The van der Waals surface area contributed by atoms with E-state index < -0.39 is 15.8 Å². The van der Waals surface area contributed by atoms with Gasteiger partial charge in [-0.25, -0.2) is 4.79 Å². The Morgan fingerprint density at radius 3 is 1.74 bits per heavy atom. The number of thioether (sulfide) groups is 1. The zero-order chi connectivity index (χ0) is 26.8. The number of carbonyl (C=O) groups excluding carboxylic acids is 1. The maximum Gasteiger partial charge on any atom is 0.407 e. The standard InChI is InChI=1S/C31H28N2O4S/c1-2-29(22-32-30(34)37-23-24-18-20-28(21-19-24)33(35)36)38-31(25-12-6-3-7-13-25,26-14-8-4-9-15-26)27-16-10-5-11-17-27/h2-21H,22-23H2,1H3,(H,32,34)/b29-2+. The van der Waals surface area contributed by atoms with E-state index in [1.807, 2.05) is 67.6 Å². The summed E-state index contributed by atoms with van der Waals surface area (Å²) in [5.74, 6) is 0. The average molecular weight is 525 g/mol. The summed E-state index contributed by atoms with van der Waals surface area (Å²) in [6.07, 6.45) is 1.44. The van der Waals surface area contributed by atoms with Crippen LogP contribution in [0.15, 0.2) is 126 Å². The van der Waals surface area contributed by atoms with Gasteiger partial charge in [-0.1, -0.05) is 97.1 Å². The zero-order valence-electron chi connectivity index (χ0n) is 20.9. The van der Waals surface area contributed by atoms with Gasteiger partial charge in [0.1, 0.15) is 6.61 Å². The number of nitro benzene ring substituents is 1. The molecule has 192 valence electrons. The molecule has 7 heteroatoms. The molecule has 38 heavy (non-hydrogen) atoms. The minimum absolute atomic E-state index is 0.00770. The first-order chi connectivity index (χ1) is 18.5. The highest BCUT2D eigenvalue weighted by Gasteiger charge is 2.38. The number of nitrogens with one attached hydrogen (secondary N) is 1. The molecule has 0 atom stereocenters. The monoisotopic (exact) mass is 524 g/mol. The summed E-state index contributed by atoms with van der Waals surface area (Å²) in [4.78, 5) is 23.8. The number of alkyl carbamates (subject to hydrolysis) is 1. The summed E-state index contributed by atoms with van der Waals surface area (Å²) in [7, 11) is 0. The number of hydrogen-bond donors (Lipinski definition) is 1. The maximum absolute atomic E-state index is 12.5. The number of amides is 1. The van der Waals surface area contributed by atoms with Crippen molar-refractivity contribution in [2.45, 2.75) is 18.3 Å². The predicted octanol–water partition coefficient (Wildman–Crippen LogP) is 7.45. The number of non-ortho nitro benzene ring substituents is 1. The van der Waals surface area contributed by atoms with Crippen LogP contribution in [0.25, 0.3) is 0 Å². The van der Waals surface area contributed by atoms with Crippen LogP contribution in [0.5, 0.6) is 0 Å². The molecule has 0 fully saturated rings. The Bertz CT molecular complexity index is 1280. The van der Waals surface area contributed by atoms with Crippen molar-refractivity contribution in [1.82, 2.24) is 5.32 Å². The first kappa shape index (κ1) is 26.7. The fourth-order valence-electron chi connectivity index (χ4n) is 4.16. The largest absolute Gasteiger partial charge is 0.445 e. The molecular formula is C31H28N2O4S. The van der Waals surface area contributed by atoms with Crippen LogP contribution in [-0.4, -0.2) is 17.6 Å². The van der Waals surface area contributed by atoms with Crippen molar-refractivity contribution in [3.8, 4) is 0 Å². The first-order valence-corrected chi connectivity index (χ1v) is 13.0. The van der Waals surface area contributed by atoms with Gasteiger partial charge in [-0.3, -0.25) is 10.1 Å². The van der Waals surface area contributed by atoms with Gasteiger partial charge in [0, 0.05) is 17.0 Å². The maximum atomic E-state index is 12.5. The Morgan fingerprint density at radius 2 is 1.32 bits per heavy atom. The van der Waals surface area contributed by atoms with Gasteiger partial charge in [-0.15, -0.1) is 11.8 Å². The summed E-state index contributed by atoms with van der Waals surface area (Å²) in [6.45, 7) is 2.26.